The molecule has 1 aromatic rings. The molecule has 2 rings (SSSR count). The molecule has 0 spiro atoms. The normalized spacial score (nSPS) is 20.0. The Morgan fingerprint density at radius 1 is 1.47 bits per heavy atom. The lowest BCUT2D eigenvalue weighted by Gasteiger charge is -2.22. The van der Waals surface area contributed by atoms with Crippen LogP contribution in [0.15, 0.2) is 22.7 Å². The number of hydrogen-bond donors (Lipinski definition) is 2. The number of carbonyl (C=O) groups excluding carboxylic acids is 1. The van der Waals surface area contributed by atoms with E-state index in [1.165, 1.54) is 5.56 Å². The molecule has 92 valence electrons. The minimum atomic E-state index is -0.0445. The third-order valence-corrected chi connectivity index (χ3v) is 3.67. The van der Waals surface area contributed by atoms with E-state index in [0.717, 1.165) is 36.0 Å². The predicted molar refractivity (Wildman–Crippen MR) is 73.2 cm³/mol. The summed E-state index contributed by atoms with van der Waals surface area (Å²) >= 11 is 3.46. The highest BCUT2D eigenvalue weighted by Gasteiger charge is 2.20. The fraction of sp³-hybridized carbons (Fsp3) is 0.462. The summed E-state index contributed by atoms with van der Waals surface area (Å²) in [5, 5.41) is 6.20. The molecule has 1 aliphatic heterocycles. The number of nitrogens with one attached hydrogen (secondary N) is 2. The molecule has 1 aromatic carbocycles. The Morgan fingerprint density at radius 3 is 2.94 bits per heavy atom. The minimum Gasteiger partial charge on any atom is -0.324 e. The van der Waals surface area contributed by atoms with Crippen LogP contribution >= 0.6 is 15.9 Å². The second kappa shape index (κ2) is 5.65. The van der Waals surface area contributed by atoms with Gasteiger partial charge in [0, 0.05) is 4.47 Å². The highest BCUT2D eigenvalue weighted by Crippen LogP contribution is 2.23. The Hall–Kier alpha value is -0.870. The molecule has 0 bridgehead atoms. The van der Waals surface area contributed by atoms with Crippen LogP contribution in [-0.4, -0.2) is 18.5 Å². The third kappa shape index (κ3) is 3.30. The molecule has 1 unspecified atom stereocenters. The molecule has 0 saturated carbocycles. The van der Waals surface area contributed by atoms with Gasteiger partial charge in [0.1, 0.15) is 0 Å². The third-order valence-electron chi connectivity index (χ3n) is 3.01. The molecular weight excluding hydrogens is 280 g/mol. The number of benzene rings is 1. The number of halogens is 1. The van der Waals surface area contributed by atoms with Crippen LogP contribution in [0.2, 0.25) is 0 Å². The SMILES string of the molecule is Cc1ccc(NC(=O)C2CCCCN2)c(Br)c1. The molecule has 2 N–H and O–H groups in total. The van der Waals surface area contributed by atoms with Gasteiger partial charge < -0.3 is 10.6 Å². The molecule has 17 heavy (non-hydrogen) atoms. The average Bonchev–Trinajstić information content (AvgIpc) is 2.34. The zero-order chi connectivity index (χ0) is 12.3. The molecule has 1 amide bonds. The molecule has 1 atom stereocenters. The quantitative estimate of drug-likeness (QED) is 0.881. The molecule has 0 aromatic heterocycles. The summed E-state index contributed by atoms with van der Waals surface area (Å²) in [6, 6.07) is 5.88. The standard InChI is InChI=1S/C13H17BrN2O/c1-9-5-6-11(10(14)8-9)16-13(17)12-4-2-3-7-15-12/h5-6,8,12,15H,2-4,7H2,1H3,(H,16,17). The second-order valence-electron chi connectivity index (χ2n) is 4.48. The first-order chi connectivity index (χ1) is 8.16. The van der Waals surface area contributed by atoms with E-state index >= 15 is 0 Å². The highest BCUT2D eigenvalue weighted by atomic mass is 79.9. The van der Waals surface area contributed by atoms with Crippen molar-refractivity contribution in [2.45, 2.75) is 32.2 Å². The number of anilines is 1. The van der Waals surface area contributed by atoms with Crippen molar-refractivity contribution in [1.29, 1.82) is 0 Å². The highest BCUT2D eigenvalue weighted by molar-refractivity contribution is 9.10. The van der Waals surface area contributed by atoms with Crippen LogP contribution in [0.25, 0.3) is 0 Å². The van der Waals surface area contributed by atoms with Crippen LogP contribution in [0.1, 0.15) is 24.8 Å². The van der Waals surface area contributed by atoms with Crippen LogP contribution in [0, 0.1) is 6.92 Å². The van der Waals surface area contributed by atoms with E-state index in [9.17, 15) is 4.79 Å². The van der Waals surface area contributed by atoms with Crippen molar-refractivity contribution in [2.75, 3.05) is 11.9 Å². The van der Waals surface area contributed by atoms with Crippen molar-refractivity contribution in [3.05, 3.63) is 28.2 Å². The zero-order valence-corrected chi connectivity index (χ0v) is 11.5. The summed E-state index contributed by atoms with van der Waals surface area (Å²) in [7, 11) is 0. The maximum Gasteiger partial charge on any atom is 0.241 e. The first kappa shape index (κ1) is 12.6. The second-order valence-corrected chi connectivity index (χ2v) is 5.33. The first-order valence-electron chi connectivity index (χ1n) is 5.97. The van der Waals surface area contributed by atoms with Crippen LogP contribution in [0.4, 0.5) is 5.69 Å². The summed E-state index contributed by atoms with van der Waals surface area (Å²) in [4.78, 5) is 12.0. The Bertz CT molecular complexity index is 414. The summed E-state index contributed by atoms with van der Waals surface area (Å²) in [6.45, 7) is 2.96. The van der Waals surface area contributed by atoms with Gasteiger partial charge in [-0.3, -0.25) is 4.79 Å². The predicted octanol–water partition coefficient (Wildman–Crippen LogP) is 2.84. The molecule has 3 nitrogen and oxygen atoms in total. The van der Waals surface area contributed by atoms with Crippen molar-refractivity contribution >= 4 is 27.5 Å². The molecule has 0 aliphatic carbocycles. The maximum absolute atomic E-state index is 12.0. The number of carbonyl (C=O) groups is 1. The van der Waals surface area contributed by atoms with E-state index in [0.29, 0.717) is 0 Å². The molecule has 1 saturated heterocycles. The fourth-order valence-corrected chi connectivity index (χ4v) is 2.61. The summed E-state index contributed by atoms with van der Waals surface area (Å²) in [5.74, 6) is 0.0641. The number of amides is 1. The first-order valence-corrected chi connectivity index (χ1v) is 6.76. The number of hydrogen-bond acceptors (Lipinski definition) is 2. The van der Waals surface area contributed by atoms with Crippen molar-refractivity contribution < 1.29 is 4.79 Å². The average molecular weight is 297 g/mol. The van der Waals surface area contributed by atoms with Gasteiger partial charge >= 0.3 is 0 Å². The molecule has 4 heteroatoms. The maximum atomic E-state index is 12.0. The van der Waals surface area contributed by atoms with Gasteiger partial charge in [0.15, 0.2) is 0 Å². The van der Waals surface area contributed by atoms with E-state index in [2.05, 4.69) is 26.6 Å². The van der Waals surface area contributed by atoms with Crippen molar-refractivity contribution in [3.63, 3.8) is 0 Å². The molecule has 0 radical (unpaired) electrons. The van der Waals surface area contributed by atoms with Crippen LogP contribution in [0.3, 0.4) is 0 Å². The van der Waals surface area contributed by atoms with E-state index in [-0.39, 0.29) is 11.9 Å². The minimum absolute atomic E-state index is 0.0445. The molecule has 1 fully saturated rings. The number of rotatable bonds is 2. The van der Waals surface area contributed by atoms with E-state index in [1.807, 2.05) is 25.1 Å². The Balaban J connectivity index is 2.02. The zero-order valence-electron chi connectivity index (χ0n) is 9.92. The van der Waals surface area contributed by atoms with E-state index < -0.39 is 0 Å². The van der Waals surface area contributed by atoms with Crippen molar-refractivity contribution in [1.82, 2.24) is 5.32 Å². The van der Waals surface area contributed by atoms with Crippen LogP contribution < -0.4 is 10.6 Å². The lowest BCUT2D eigenvalue weighted by atomic mass is 10.0. The van der Waals surface area contributed by atoms with Crippen molar-refractivity contribution in [3.8, 4) is 0 Å². The lowest BCUT2D eigenvalue weighted by Crippen LogP contribution is -2.43. The van der Waals surface area contributed by atoms with E-state index in [4.69, 9.17) is 0 Å². The topological polar surface area (TPSA) is 41.1 Å². The molecular formula is C13H17BrN2O. The Labute approximate surface area is 110 Å². The summed E-state index contributed by atoms with van der Waals surface area (Å²) < 4.78 is 0.932. The lowest BCUT2D eigenvalue weighted by molar-refractivity contribution is -0.118. The van der Waals surface area contributed by atoms with E-state index in [1.54, 1.807) is 0 Å². The number of piperidine rings is 1. The van der Waals surface area contributed by atoms with Gasteiger partial charge in [-0.25, -0.2) is 0 Å². The van der Waals surface area contributed by atoms with Gasteiger partial charge in [-0.1, -0.05) is 12.5 Å². The summed E-state index contributed by atoms with van der Waals surface area (Å²) in [5.41, 5.74) is 2.01. The summed E-state index contributed by atoms with van der Waals surface area (Å²) in [6.07, 6.45) is 3.22. The Morgan fingerprint density at radius 2 is 2.29 bits per heavy atom. The molecule has 1 aliphatic rings. The van der Waals surface area contributed by atoms with Gasteiger partial charge in [0.25, 0.3) is 0 Å². The smallest absolute Gasteiger partial charge is 0.241 e. The molecule has 1 heterocycles. The fourth-order valence-electron chi connectivity index (χ4n) is 2.02. The Kier molecular flexibility index (Phi) is 4.18. The van der Waals surface area contributed by atoms with Gasteiger partial charge in [-0.05, 0) is 59.9 Å². The largest absolute Gasteiger partial charge is 0.324 e. The van der Waals surface area contributed by atoms with Gasteiger partial charge in [-0.15, -0.1) is 0 Å². The monoisotopic (exact) mass is 296 g/mol. The van der Waals surface area contributed by atoms with Crippen LogP contribution in [0.5, 0.6) is 0 Å². The number of aryl methyl sites for hydroxylation is 1. The van der Waals surface area contributed by atoms with Gasteiger partial charge in [0.2, 0.25) is 5.91 Å². The van der Waals surface area contributed by atoms with Gasteiger partial charge in [0.05, 0.1) is 11.7 Å². The van der Waals surface area contributed by atoms with Crippen LogP contribution in [-0.2, 0) is 4.79 Å². The van der Waals surface area contributed by atoms with Crippen molar-refractivity contribution in [2.24, 2.45) is 0 Å². The van der Waals surface area contributed by atoms with Gasteiger partial charge in [-0.2, -0.15) is 0 Å².